The van der Waals surface area contributed by atoms with Crippen molar-refractivity contribution in [2.24, 2.45) is 0 Å². The molecule has 166 valence electrons. The van der Waals surface area contributed by atoms with Gasteiger partial charge in [-0.25, -0.2) is 4.39 Å². The van der Waals surface area contributed by atoms with Gasteiger partial charge >= 0.3 is 0 Å². The number of hydrogen-bond donors (Lipinski definition) is 0. The summed E-state index contributed by atoms with van der Waals surface area (Å²) in [5.74, 6) is 0.0446. The Bertz CT molecular complexity index is 1080. The number of benzene rings is 2. The highest BCUT2D eigenvalue weighted by molar-refractivity contribution is 5.94. The van der Waals surface area contributed by atoms with E-state index in [-0.39, 0.29) is 17.6 Å². The van der Waals surface area contributed by atoms with Gasteiger partial charge in [0.1, 0.15) is 5.82 Å². The average molecular weight is 433 g/mol. The van der Waals surface area contributed by atoms with Crippen LogP contribution in [0.1, 0.15) is 57.2 Å². The Hall–Kier alpha value is -3.05. The number of amides is 1. The van der Waals surface area contributed by atoms with E-state index in [4.69, 9.17) is 9.72 Å². The lowest BCUT2D eigenvalue weighted by Crippen LogP contribution is -2.39. The molecule has 0 radical (unpaired) electrons. The highest BCUT2D eigenvalue weighted by atomic mass is 19.1. The molecule has 3 aromatic rings. The number of halogens is 1. The Kier molecular flexibility index (Phi) is 6.96. The van der Waals surface area contributed by atoms with Crippen LogP contribution in [0.3, 0.4) is 0 Å². The number of hydrogen-bond acceptors (Lipinski definition) is 3. The molecule has 1 aliphatic heterocycles. The third-order valence-electron chi connectivity index (χ3n) is 5.97. The van der Waals surface area contributed by atoms with Crippen molar-refractivity contribution in [3.05, 3.63) is 100 Å². The summed E-state index contributed by atoms with van der Waals surface area (Å²) in [4.78, 5) is 19.8. The van der Waals surface area contributed by atoms with Crippen LogP contribution in [0.4, 0.5) is 4.39 Å². The van der Waals surface area contributed by atoms with Crippen molar-refractivity contribution in [2.45, 2.75) is 38.7 Å². The van der Waals surface area contributed by atoms with Crippen molar-refractivity contribution in [1.82, 2.24) is 9.88 Å². The second-order valence-electron chi connectivity index (χ2n) is 8.57. The first kappa shape index (κ1) is 22.2. The minimum absolute atomic E-state index is 0.0614. The van der Waals surface area contributed by atoms with Crippen LogP contribution in [-0.4, -0.2) is 36.0 Å². The molecule has 1 saturated heterocycles. The van der Waals surface area contributed by atoms with Crippen molar-refractivity contribution < 1.29 is 13.9 Å². The highest BCUT2D eigenvalue weighted by Crippen LogP contribution is 2.28. The zero-order chi connectivity index (χ0) is 22.5. The monoisotopic (exact) mass is 432 g/mol. The molecule has 1 aliphatic rings. The number of likely N-dealkylation sites (tertiary alicyclic amines) is 1. The Balaban J connectivity index is 1.49. The molecule has 4 rings (SSSR count). The van der Waals surface area contributed by atoms with Crippen molar-refractivity contribution in [3.63, 3.8) is 0 Å². The third kappa shape index (κ3) is 5.40. The third-order valence-corrected chi connectivity index (χ3v) is 5.97. The Morgan fingerprint density at radius 1 is 1.09 bits per heavy atom. The number of rotatable bonds is 6. The summed E-state index contributed by atoms with van der Waals surface area (Å²) in [6.45, 7) is 3.95. The van der Waals surface area contributed by atoms with E-state index >= 15 is 0 Å². The lowest BCUT2D eigenvalue weighted by atomic mass is 9.92. The summed E-state index contributed by atoms with van der Waals surface area (Å²) in [5, 5.41) is 0. The minimum atomic E-state index is -0.217. The first-order valence-electron chi connectivity index (χ1n) is 11.1. The molecule has 0 spiro atoms. The van der Waals surface area contributed by atoms with E-state index in [1.165, 1.54) is 6.07 Å². The molecule has 4 nitrogen and oxygen atoms in total. The van der Waals surface area contributed by atoms with E-state index in [1.54, 1.807) is 19.2 Å². The number of piperidine rings is 1. The molecule has 0 N–H and O–H groups in total. The van der Waals surface area contributed by atoms with Crippen LogP contribution in [0.15, 0.2) is 60.7 Å². The largest absolute Gasteiger partial charge is 0.380 e. The van der Waals surface area contributed by atoms with Crippen LogP contribution in [-0.2, 0) is 17.8 Å². The van der Waals surface area contributed by atoms with Gasteiger partial charge in [0, 0.05) is 43.1 Å². The van der Waals surface area contributed by atoms with Gasteiger partial charge in [-0.15, -0.1) is 0 Å². The fourth-order valence-electron chi connectivity index (χ4n) is 4.46. The van der Waals surface area contributed by atoms with E-state index in [9.17, 15) is 9.18 Å². The molecule has 32 heavy (non-hydrogen) atoms. The SMILES string of the molecule is COCc1ccc(C(=O)N2CCCC(c3cc(Cc4cccc(F)c4)cc(C)n3)C2)cc1. The second kappa shape index (κ2) is 10.0. The quantitative estimate of drug-likeness (QED) is 0.532. The van der Waals surface area contributed by atoms with Crippen LogP contribution in [0, 0.1) is 12.7 Å². The van der Waals surface area contributed by atoms with Crippen LogP contribution < -0.4 is 0 Å². The maximum atomic E-state index is 13.6. The Labute approximate surface area is 189 Å². The summed E-state index contributed by atoms with van der Waals surface area (Å²) in [6.07, 6.45) is 2.62. The predicted octanol–water partition coefficient (Wildman–Crippen LogP) is 5.29. The maximum absolute atomic E-state index is 13.6. The van der Waals surface area contributed by atoms with Gasteiger partial charge < -0.3 is 9.64 Å². The van der Waals surface area contributed by atoms with Gasteiger partial charge in [-0.2, -0.15) is 0 Å². The number of carbonyl (C=O) groups excluding carboxylic acids is 1. The fourth-order valence-corrected chi connectivity index (χ4v) is 4.46. The molecule has 0 bridgehead atoms. The highest BCUT2D eigenvalue weighted by Gasteiger charge is 2.26. The van der Waals surface area contributed by atoms with Gasteiger partial charge in [0.15, 0.2) is 0 Å². The molecule has 2 aromatic carbocycles. The maximum Gasteiger partial charge on any atom is 0.253 e. The van der Waals surface area contributed by atoms with Crippen molar-refractivity contribution >= 4 is 5.91 Å². The van der Waals surface area contributed by atoms with Crippen LogP contribution in [0.5, 0.6) is 0 Å². The van der Waals surface area contributed by atoms with Gasteiger partial charge in [0.2, 0.25) is 0 Å². The van der Waals surface area contributed by atoms with Gasteiger partial charge in [-0.05, 0) is 79.3 Å². The number of ether oxygens (including phenoxy) is 1. The summed E-state index contributed by atoms with van der Waals surface area (Å²) >= 11 is 0. The molecular formula is C27H29FN2O2. The number of aryl methyl sites for hydroxylation is 1. The number of aromatic nitrogens is 1. The molecule has 2 heterocycles. The molecular weight excluding hydrogens is 403 g/mol. The van der Waals surface area contributed by atoms with E-state index in [2.05, 4.69) is 12.1 Å². The van der Waals surface area contributed by atoms with Crippen molar-refractivity contribution in [2.75, 3.05) is 20.2 Å². The molecule has 1 amide bonds. The molecule has 1 fully saturated rings. The predicted molar refractivity (Wildman–Crippen MR) is 123 cm³/mol. The molecule has 0 aliphatic carbocycles. The number of pyridine rings is 1. The van der Waals surface area contributed by atoms with E-state index in [0.29, 0.717) is 25.1 Å². The summed E-state index contributed by atoms with van der Waals surface area (Å²) in [6, 6.07) is 18.5. The normalized spacial score (nSPS) is 16.2. The fraction of sp³-hybridized carbons (Fsp3) is 0.333. The van der Waals surface area contributed by atoms with Crippen LogP contribution >= 0.6 is 0 Å². The topological polar surface area (TPSA) is 42.4 Å². The molecule has 1 atom stereocenters. The average Bonchev–Trinajstić information content (AvgIpc) is 2.79. The summed E-state index contributed by atoms with van der Waals surface area (Å²) in [7, 11) is 1.66. The van der Waals surface area contributed by atoms with Gasteiger partial charge in [-0.3, -0.25) is 9.78 Å². The lowest BCUT2D eigenvalue weighted by Gasteiger charge is -2.33. The van der Waals surface area contributed by atoms with Crippen LogP contribution in [0.25, 0.3) is 0 Å². The van der Waals surface area contributed by atoms with E-state index < -0.39 is 0 Å². The lowest BCUT2D eigenvalue weighted by molar-refractivity contribution is 0.0706. The van der Waals surface area contributed by atoms with Gasteiger partial charge in [0.05, 0.1) is 6.61 Å². The molecule has 5 heteroatoms. The number of carbonyl (C=O) groups is 1. The second-order valence-corrected chi connectivity index (χ2v) is 8.57. The van der Waals surface area contributed by atoms with Gasteiger partial charge in [0.25, 0.3) is 5.91 Å². The first-order chi connectivity index (χ1) is 15.5. The molecule has 1 aromatic heterocycles. The Morgan fingerprint density at radius 2 is 1.91 bits per heavy atom. The number of nitrogens with zero attached hydrogens (tertiary/aromatic N) is 2. The van der Waals surface area contributed by atoms with Crippen molar-refractivity contribution in [1.29, 1.82) is 0 Å². The minimum Gasteiger partial charge on any atom is -0.380 e. The zero-order valence-corrected chi connectivity index (χ0v) is 18.7. The summed E-state index contributed by atoms with van der Waals surface area (Å²) < 4.78 is 18.7. The van der Waals surface area contributed by atoms with E-state index in [0.717, 1.165) is 47.5 Å². The zero-order valence-electron chi connectivity index (χ0n) is 18.7. The number of methoxy groups -OCH3 is 1. The smallest absolute Gasteiger partial charge is 0.253 e. The standard InChI is InChI=1S/C27H29FN2O2/c1-19-13-22(14-21-5-3-7-25(28)15-21)16-26(29-19)24-6-4-12-30(17-24)27(31)23-10-8-20(9-11-23)18-32-2/h3,5,7-11,13,15-16,24H,4,6,12,14,17-18H2,1-2H3. The first-order valence-corrected chi connectivity index (χ1v) is 11.1. The summed E-state index contributed by atoms with van der Waals surface area (Å²) in [5.41, 5.74) is 5.79. The van der Waals surface area contributed by atoms with Gasteiger partial charge in [-0.1, -0.05) is 24.3 Å². The van der Waals surface area contributed by atoms with E-state index in [1.807, 2.05) is 42.2 Å². The van der Waals surface area contributed by atoms with Crippen molar-refractivity contribution in [3.8, 4) is 0 Å². The Morgan fingerprint density at radius 3 is 2.66 bits per heavy atom. The molecule has 0 saturated carbocycles. The van der Waals surface area contributed by atoms with Crippen LogP contribution in [0.2, 0.25) is 0 Å². The molecule has 1 unspecified atom stereocenters.